The Morgan fingerprint density at radius 2 is 1.57 bits per heavy atom. The Labute approximate surface area is 175 Å². The molecule has 0 spiro atoms. The molecule has 0 N–H and O–H groups in total. The van der Waals surface area contributed by atoms with Gasteiger partial charge in [0.05, 0.1) is 5.69 Å². The number of para-hydroxylation sites is 1. The van der Waals surface area contributed by atoms with E-state index in [1.54, 1.807) is 12.1 Å². The normalized spacial score (nSPS) is 12.0. The lowest BCUT2D eigenvalue weighted by atomic mass is 9.87. The molecule has 30 heavy (non-hydrogen) atoms. The summed E-state index contributed by atoms with van der Waals surface area (Å²) in [5.74, 6) is -0.245. The van der Waals surface area contributed by atoms with Crippen molar-refractivity contribution in [2.75, 3.05) is 0 Å². The molecule has 0 atom stereocenters. The predicted octanol–water partition coefficient (Wildman–Crippen LogP) is 7.75. The van der Waals surface area contributed by atoms with Crippen LogP contribution in [0.3, 0.4) is 0 Å². The first-order valence-electron chi connectivity index (χ1n) is 10.1. The molecule has 3 heteroatoms. The Bertz CT molecular complexity index is 1370. The highest BCUT2D eigenvalue weighted by molar-refractivity contribution is 6.10. The van der Waals surface area contributed by atoms with Crippen molar-refractivity contribution in [1.29, 1.82) is 0 Å². The smallest absolute Gasteiger partial charge is 0.143 e. The van der Waals surface area contributed by atoms with Crippen LogP contribution in [0, 0.1) is 5.82 Å². The van der Waals surface area contributed by atoms with Gasteiger partial charge in [-0.1, -0.05) is 57.2 Å². The molecule has 2 heterocycles. The largest absolute Gasteiger partial charge is 0.455 e. The van der Waals surface area contributed by atoms with Gasteiger partial charge in [-0.3, -0.25) is 4.98 Å². The first kappa shape index (κ1) is 18.6. The molecule has 0 bridgehead atoms. The number of fused-ring (bicyclic) bond motifs is 3. The van der Waals surface area contributed by atoms with Gasteiger partial charge < -0.3 is 4.42 Å². The van der Waals surface area contributed by atoms with E-state index in [2.05, 4.69) is 62.2 Å². The van der Waals surface area contributed by atoms with Gasteiger partial charge in [-0.25, -0.2) is 4.39 Å². The molecular formula is C27H22FNO. The Hall–Kier alpha value is -3.46. The zero-order valence-electron chi connectivity index (χ0n) is 17.2. The van der Waals surface area contributed by atoms with Gasteiger partial charge in [0.15, 0.2) is 0 Å². The number of hydrogen-bond acceptors (Lipinski definition) is 2. The van der Waals surface area contributed by atoms with E-state index in [-0.39, 0.29) is 11.2 Å². The van der Waals surface area contributed by atoms with Crippen LogP contribution in [-0.4, -0.2) is 4.98 Å². The third kappa shape index (κ3) is 3.17. The fourth-order valence-corrected chi connectivity index (χ4v) is 3.87. The molecule has 3 aromatic carbocycles. The molecule has 0 amide bonds. The van der Waals surface area contributed by atoms with Crippen LogP contribution in [0.1, 0.15) is 26.3 Å². The first-order chi connectivity index (χ1) is 14.4. The second-order valence-electron chi connectivity index (χ2n) is 8.68. The molecule has 0 unspecified atom stereocenters. The molecule has 5 rings (SSSR count). The lowest BCUT2D eigenvalue weighted by Gasteiger charge is -2.19. The van der Waals surface area contributed by atoms with E-state index in [1.165, 1.54) is 17.7 Å². The number of aromatic nitrogens is 1. The molecule has 0 saturated heterocycles. The maximum Gasteiger partial charge on any atom is 0.143 e. The molecule has 0 aliphatic rings. The van der Waals surface area contributed by atoms with Crippen molar-refractivity contribution < 1.29 is 8.81 Å². The highest BCUT2D eigenvalue weighted by Crippen LogP contribution is 2.37. The van der Waals surface area contributed by atoms with Gasteiger partial charge in [0.2, 0.25) is 0 Å². The van der Waals surface area contributed by atoms with Crippen molar-refractivity contribution in [3.8, 4) is 22.4 Å². The van der Waals surface area contributed by atoms with E-state index in [4.69, 9.17) is 4.42 Å². The van der Waals surface area contributed by atoms with Crippen molar-refractivity contribution in [2.45, 2.75) is 26.2 Å². The number of hydrogen-bond donors (Lipinski definition) is 0. The fourth-order valence-electron chi connectivity index (χ4n) is 3.87. The van der Waals surface area contributed by atoms with E-state index in [1.807, 2.05) is 18.3 Å². The third-order valence-corrected chi connectivity index (χ3v) is 5.58. The van der Waals surface area contributed by atoms with E-state index < -0.39 is 0 Å². The number of pyridine rings is 1. The van der Waals surface area contributed by atoms with Gasteiger partial charge in [-0.15, -0.1) is 0 Å². The van der Waals surface area contributed by atoms with Gasteiger partial charge in [0.25, 0.3) is 0 Å². The zero-order valence-corrected chi connectivity index (χ0v) is 17.2. The summed E-state index contributed by atoms with van der Waals surface area (Å²) in [6.45, 7) is 6.60. The van der Waals surface area contributed by atoms with E-state index in [0.717, 1.165) is 44.3 Å². The molecule has 2 aromatic heterocycles. The number of nitrogens with zero attached hydrogens (tertiary/aromatic N) is 1. The molecular weight excluding hydrogens is 373 g/mol. The van der Waals surface area contributed by atoms with Crippen LogP contribution in [0.4, 0.5) is 4.39 Å². The second kappa shape index (κ2) is 6.81. The Morgan fingerprint density at radius 1 is 0.800 bits per heavy atom. The minimum absolute atomic E-state index is 0.0607. The quantitative estimate of drug-likeness (QED) is 0.305. The Kier molecular flexibility index (Phi) is 4.21. The summed E-state index contributed by atoms with van der Waals surface area (Å²) >= 11 is 0. The van der Waals surface area contributed by atoms with Crippen LogP contribution in [-0.2, 0) is 5.41 Å². The molecule has 0 aliphatic carbocycles. The SMILES string of the molecule is CC(C)(C)c1ccnc(-c2ccc3c(c2)oc2c(-c4ccc(F)cc4)cccc23)c1. The number of furan rings is 1. The van der Waals surface area contributed by atoms with Crippen molar-refractivity contribution in [3.05, 3.63) is 90.4 Å². The number of halogens is 1. The average Bonchev–Trinajstić information content (AvgIpc) is 3.12. The average molecular weight is 395 g/mol. The highest BCUT2D eigenvalue weighted by atomic mass is 19.1. The van der Waals surface area contributed by atoms with E-state index in [9.17, 15) is 4.39 Å². The van der Waals surface area contributed by atoms with Crippen LogP contribution in [0.5, 0.6) is 0 Å². The summed E-state index contributed by atoms with van der Waals surface area (Å²) in [4.78, 5) is 4.58. The molecule has 0 fully saturated rings. The van der Waals surface area contributed by atoms with Crippen molar-refractivity contribution in [2.24, 2.45) is 0 Å². The summed E-state index contributed by atoms with van der Waals surface area (Å²) in [6.07, 6.45) is 1.87. The van der Waals surface area contributed by atoms with Crippen molar-refractivity contribution in [3.63, 3.8) is 0 Å². The topological polar surface area (TPSA) is 26.0 Å². The van der Waals surface area contributed by atoms with Crippen molar-refractivity contribution >= 4 is 21.9 Å². The molecule has 0 radical (unpaired) electrons. The van der Waals surface area contributed by atoms with Crippen LogP contribution >= 0.6 is 0 Å². The van der Waals surface area contributed by atoms with Crippen LogP contribution < -0.4 is 0 Å². The maximum atomic E-state index is 13.4. The molecule has 5 aromatic rings. The summed E-state index contributed by atoms with van der Waals surface area (Å²) in [5.41, 5.74) is 6.78. The Morgan fingerprint density at radius 3 is 2.33 bits per heavy atom. The lowest BCUT2D eigenvalue weighted by molar-refractivity contribution is 0.589. The standard InChI is InChI=1S/C27H22FNO/c1-27(2,3)19-13-14-29-24(16-19)18-9-12-22-23-6-4-5-21(26(23)30-25(22)15-18)17-7-10-20(28)11-8-17/h4-16H,1-3H3. The predicted molar refractivity (Wildman–Crippen MR) is 121 cm³/mol. The van der Waals surface area contributed by atoms with Crippen LogP contribution in [0.15, 0.2) is 83.4 Å². The van der Waals surface area contributed by atoms with Crippen LogP contribution in [0.25, 0.3) is 44.3 Å². The minimum atomic E-state index is -0.245. The van der Waals surface area contributed by atoms with Gasteiger partial charge in [-0.2, -0.15) is 0 Å². The Balaban J connectivity index is 1.66. The molecule has 148 valence electrons. The third-order valence-electron chi connectivity index (χ3n) is 5.58. The highest BCUT2D eigenvalue weighted by Gasteiger charge is 2.16. The molecule has 0 aliphatic heterocycles. The van der Waals surface area contributed by atoms with Crippen LogP contribution in [0.2, 0.25) is 0 Å². The fraction of sp³-hybridized carbons (Fsp3) is 0.148. The summed E-state index contributed by atoms with van der Waals surface area (Å²) in [6, 6.07) is 23.1. The van der Waals surface area contributed by atoms with E-state index >= 15 is 0 Å². The molecule has 2 nitrogen and oxygen atoms in total. The molecule has 0 saturated carbocycles. The minimum Gasteiger partial charge on any atom is -0.455 e. The van der Waals surface area contributed by atoms with E-state index in [0.29, 0.717) is 0 Å². The second-order valence-corrected chi connectivity index (χ2v) is 8.68. The summed E-state index contributed by atoms with van der Waals surface area (Å²) in [7, 11) is 0. The maximum absolute atomic E-state index is 13.4. The van der Waals surface area contributed by atoms with Gasteiger partial charge in [0.1, 0.15) is 17.0 Å². The lowest BCUT2D eigenvalue weighted by Crippen LogP contribution is -2.11. The first-order valence-corrected chi connectivity index (χ1v) is 10.1. The number of rotatable bonds is 2. The zero-order chi connectivity index (χ0) is 20.9. The van der Waals surface area contributed by atoms with Gasteiger partial charge in [-0.05, 0) is 52.9 Å². The number of benzene rings is 3. The monoisotopic (exact) mass is 395 g/mol. The summed E-state index contributed by atoms with van der Waals surface area (Å²) < 4.78 is 19.7. The van der Waals surface area contributed by atoms with Gasteiger partial charge >= 0.3 is 0 Å². The van der Waals surface area contributed by atoms with Gasteiger partial charge in [0, 0.05) is 28.1 Å². The summed E-state index contributed by atoms with van der Waals surface area (Å²) in [5, 5.41) is 2.11. The van der Waals surface area contributed by atoms with Crippen molar-refractivity contribution in [1.82, 2.24) is 4.98 Å².